The number of carboxylic acid groups (broad SMARTS) is 1. The number of carbonyl (C=O) groups is 2. The van der Waals surface area contributed by atoms with E-state index in [2.05, 4.69) is 20.6 Å². The smallest absolute Gasteiger partial charge is 0.354 e. The van der Waals surface area contributed by atoms with E-state index < -0.39 is 5.97 Å². The lowest BCUT2D eigenvalue weighted by atomic mass is 10.2. The molecule has 2 amide bonds. The van der Waals surface area contributed by atoms with Crippen molar-refractivity contribution in [3.8, 4) is 0 Å². The monoisotopic (exact) mass is 293 g/mol. The minimum absolute atomic E-state index is 0.0133. The summed E-state index contributed by atoms with van der Waals surface area (Å²) in [5.74, 6) is -1.07. The molecule has 2 rings (SSSR count). The summed E-state index contributed by atoms with van der Waals surface area (Å²) < 4.78 is 0. The van der Waals surface area contributed by atoms with Gasteiger partial charge in [-0.2, -0.15) is 0 Å². The third-order valence-corrected chi connectivity index (χ3v) is 3.26. The number of urea groups is 1. The molecule has 0 saturated carbocycles. The van der Waals surface area contributed by atoms with Crippen molar-refractivity contribution < 1.29 is 14.7 Å². The van der Waals surface area contributed by atoms with Crippen molar-refractivity contribution >= 4 is 12.0 Å². The first-order chi connectivity index (χ1) is 10.0. The van der Waals surface area contributed by atoms with E-state index in [4.69, 9.17) is 5.11 Å². The highest BCUT2D eigenvalue weighted by Crippen LogP contribution is 2.00. The Kier molecular flexibility index (Phi) is 5.07. The third kappa shape index (κ3) is 4.69. The molecular formula is C13H19N5O3. The number of piperazine rings is 1. The molecule has 0 unspecified atom stereocenters. The summed E-state index contributed by atoms with van der Waals surface area (Å²) in [6.07, 6.45) is 1.44. The van der Waals surface area contributed by atoms with Crippen LogP contribution < -0.4 is 10.7 Å². The number of hydrogen-bond donors (Lipinski definition) is 3. The second kappa shape index (κ2) is 7.00. The van der Waals surface area contributed by atoms with E-state index in [1.807, 2.05) is 12.1 Å². The topological polar surface area (TPSA) is 97.8 Å². The Morgan fingerprint density at radius 2 is 2.00 bits per heavy atom. The van der Waals surface area contributed by atoms with Crippen molar-refractivity contribution in [2.75, 3.05) is 33.2 Å². The molecule has 2 heterocycles. The van der Waals surface area contributed by atoms with Crippen LogP contribution in [0.4, 0.5) is 4.79 Å². The maximum atomic E-state index is 11.7. The predicted octanol–water partition coefficient (Wildman–Crippen LogP) is -0.259. The lowest BCUT2D eigenvalue weighted by molar-refractivity contribution is 0.0690. The van der Waals surface area contributed by atoms with E-state index in [9.17, 15) is 9.59 Å². The zero-order valence-corrected chi connectivity index (χ0v) is 11.9. The molecule has 0 spiro atoms. The molecular weight excluding hydrogens is 274 g/mol. The summed E-state index contributed by atoms with van der Waals surface area (Å²) in [4.78, 5) is 28.4. The predicted molar refractivity (Wildman–Crippen MR) is 75.6 cm³/mol. The maximum absolute atomic E-state index is 11.7. The fourth-order valence-corrected chi connectivity index (χ4v) is 1.94. The summed E-state index contributed by atoms with van der Waals surface area (Å²) in [5.41, 5.74) is 3.51. The number of aromatic nitrogens is 1. The standard InChI is InChI=1S/C13H19N5O3/c1-17-4-6-18(7-5-17)16-13(21)15-9-10-2-3-11(12(19)20)14-8-10/h2-3,8H,4-7,9H2,1H3,(H,19,20)(H2,15,16,21). The second-order valence-corrected chi connectivity index (χ2v) is 4.94. The van der Waals surface area contributed by atoms with Crippen molar-refractivity contribution in [2.45, 2.75) is 6.54 Å². The van der Waals surface area contributed by atoms with E-state index in [0.29, 0.717) is 6.54 Å². The highest BCUT2D eigenvalue weighted by Gasteiger charge is 2.15. The van der Waals surface area contributed by atoms with Crippen molar-refractivity contribution in [1.82, 2.24) is 25.6 Å². The summed E-state index contributed by atoms with van der Waals surface area (Å²) in [6.45, 7) is 3.71. The second-order valence-electron chi connectivity index (χ2n) is 4.94. The van der Waals surface area contributed by atoms with Crippen molar-refractivity contribution in [3.05, 3.63) is 29.6 Å². The molecule has 0 aliphatic carbocycles. The van der Waals surface area contributed by atoms with Crippen LogP contribution >= 0.6 is 0 Å². The number of hydrogen-bond acceptors (Lipinski definition) is 5. The molecule has 1 saturated heterocycles. The lowest BCUT2D eigenvalue weighted by Gasteiger charge is -2.32. The Labute approximate surface area is 122 Å². The first kappa shape index (κ1) is 15.2. The summed E-state index contributed by atoms with van der Waals surface area (Å²) in [5, 5.41) is 13.3. The van der Waals surface area contributed by atoms with Crippen LogP contribution in [0.1, 0.15) is 16.1 Å². The number of carboxylic acids is 1. The van der Waals surface area contributed by atoms with Crippen LogP contribution in [0.2, 0.25) is 0 Å². The number of amides is 2. The van der Waals surface area contributed by atoms with E-state index in [0.717, 1.165) is 31.7 Å². The summed E-state index contributed by atoms with van der Waals surface area (Å²) in [7, 11) is 2.05. The number of carbonyl (C=O) groups excluding carboxylic acids is 1. The molecule has 0 bridgehead atoms. The number of hydrazine groups is 1. The van der Waals surface area contributed by atoms with E-state index in [1.54, 1.807) is 6.07 Å². The van der Waals surface area contributed by atoms with Crippen LogP contribution in [0, 0.1) is 0 Å². The van der Waals surface area contributed by atoms with Crippen LogP contribution in [0.3, 0.4) is 0 Å². The fourth-order valence-electron chi connectivity index (χ4n) is 1.94. The molecule has 3 N–H and O–H groups in total. The number of rotatable bonds is 4. The molecule has 0 atom stereocenters. The van der Waals surface area contributed by atoms with Crippen molar-refractivity contribution in [1.29, 1.82) is 0 Å². The van der Waals surface area contributed by atoms with E-state index in [-0.39, 0.29) is 11.7 Å². The number of nitrogens with one attached hydrogen (secondary N) is 2. The Bertz CT molecular complexity index is 497. The van der Waals surface area contributed by atoms with E-state index >= 15 is 0 Å². The van der Waals surface area contributed by atoms with Gasteiger partial charge in [0.2, 0.25) is 0 Å². The van der Waals surface area contributed by atoms with Gasteiger partial charge in [0, 0.05) is 38.9 Å². The maximum Gasteiger partial charge on any atom is 0.354 e. The number of pyridine rings is 1. The average molecular weight is 293 g/mol. The van der Waals surface area contributed by atoms with Gasteiger partial charge in [0.15, 0.2) is 0 Å². The van der Waals surface area contributed by atoms with Gasteiger partial charge in [-0.05, 0) is 18.7 Å². The lowest BCUT2D eigenvalue weighted by Crippen LogP contribution is -2.54. The van der Waals surface area contributed by atoms with Crippen LogP contribution in [-0.4, -0.2) is 65.2 Å². The van der Waals surface area contributed by atoms with Gasteiger partial charge in [-0.25, -0.2) is 19.6 Å². The van der Waals surface area contributed by atoms with Crippen LogP contribution in [0.15, 0.2) is 18.3 Å². The average Bonchev–Trinajstić information content (AvgIpc) is 2.48. The highest BCUT2D eigenvalue weighted by atomic mass is 16.4. The summed E-state index contributed by atoms with van der Waals surface area (Å²) in [6, 6.07) is 2.77. The SMILES string of the molecule is CN1CCN(NC(=O)NCc2ccc(C(=O)O)nc2)CC1. The minimum atomic E-state index is -1.07. The molecule has 1 aromatic heterocycles. The molecule has 0 radical (unpaired) electrons. The fraction of sp³-hybridized carbons (Fsp3) is 0.462. The van der Waals surface area contributed by atoms with Gasteiger partial charge in [-0.3, -0.25) is 5.43 Å². The van der Waals surface area contributed by atoms with Gasteiger partial charge < -0.3 is 15.3 Å². The van der Waals surface area contributed by atoms with Gasteiger partial charge in [0.25, 0.3) is 0 Å². The molecule has 0 aromatic carbocycles. The van der Waals surface area contributed by atoms with Gasteiger partial charge in [-0.1, -0.05) is 6.07 Å². The van der Waals surface area contributed by atoms with Gasteiger partial charge in [-0.15, -0.1) is 0 Å². The van der Waals surface area contributed by atoms with Crippen molar-refractivity contribution in [3.63, 3.8) is 0 Å². The molecule has 1 fully saturated rings. The first-order valence-corrected chi connectivity index (χ1v) is 6.71. The molecule has 114 valence electrons. The Hall–Kier alpha value is -2.19. The first-order valence-electron chi connectivity index (χ1n) is 6.71. The number of likely N-dealkylation sites (N-methyl/N-ethyl adjacent to an activating group) is 1. The highest BCUT2D eigenvalue weighted by molar-refractivity contribution is 5.85. The molecule has 1 aliphatic rings. The van der Waals surface area contributed by atoms with Crippen LogP contribution in [-0.2, 0) is 6.54 Å². The van der Waals surface area contributed by atoms with Gasteiger partial charge in [0.1, 0.15) is 5.69 Å². The Morgan fingerprint density at radius 1 is 1.29 bits per heavy atom. The quantitative estimate of drug-likeness (QED) is 0.707. The third-order valence-electron chi connectivity index (χ3n) is 3.26. The van der Waals surface area contributed by atoms with Crippen LogP contribution in [0.25, 0.3) is 0 Å². The Morgan fingerprint density at radius 3 is 2.57 bits per heavy atom. The normalized spacial score (nSPS) is 16.4. The Balaban J connectivity index is 1.74. The number of nitrogens with zero attached hydrogens (tertiary/aromatic N) is 3. The largest absolute Gasteiger partial charge is 0.477 e. The van der Waals surface area contributed by atoms with Gasteiger partial charge >= 0.3 is 12.0 Å². The van der Waals surface area contributed by atoms with Crippen LogP contribution in [0.5, 0.6) is 0 Å². The van der Waals surface area contributed by atoms with Crippen molar-refractivity contribution in [2.24, 2.45) is 0 Å². The molecule has 21 heavy (non-hydrogen) atoms. The zero-order valence-electron chi connectivity index (χ0n) is 11.9. The molecule has 1 aromatic rings. The van der Waals surface area contributed by atoms with Gasteiger partial charge in [0.05, 0.1) is 0 Å². The number of aromatic carboxylic acids is 1. The summed E-state index contributed by atoms with van der Waals surface area (Å²) >= 11 is 0. The molecule has 8 nitrogen and oxygen atoms in total. The molecule has 8 heteroatoms. The van der Waals surface area contributed by atoms with E-state index in [1.165, 1.54) is 12.3 Å². The zero-order chi connectivity index (χ0) is 15.2. The molecule has 1 aliphatic heterocycles. The minimum Gasteiger partial charge on any atom is -0.477 e.